The lowest BCUT2D eigenvalue weighted by Gasteiger charge is -2.30. The second-order valence-electron chi connectivity index (χ2n) is 5.61. The number of fused-ring (bicyclic) bond motifs is 1. The first kappa shape index (κ1) is 14.3. The summed E-state index contributed by atoms with van der Waals surface area (Å²) in [6.07, 6.45) is 0. The van der Waals surface area contributed by atoms with E-state index >= 15 is 0 Å². The summed E-state index contributed by atoms with van der Waals surface area (Å²) in [5.41, 5.74) is 1.39. The topological polar surface area (TPSA) is 77.6 Å². The van der Waals surface area contributed by atoms with Crippen molar-refractivity contribution in [3.8, 4) is 6.07 Å². The number of quaternary nitrogens is 1. The highest BCUT2D eigenvalue weighted by atomic mass is 16.2. The van der Waals surface area contributed by atoms with Crippen LogP contribution in [0, 0.1) is 11.3 Å². The molecule has 0 radical (unpaired) electrons. The molecule has 0 atom stereocenters. The molecule has 0 unspecified atom stereocenters. The maximum absolute atomic E-state index is 12.6. The number of rotatable bonds is 1. The summed E-state index contributed by atoms with van der Waals surface area (Å²) < 4.78 is 0. The van der Waals surface area contributed by atoms with Gasteiger partial charge in [0.05, 0.1) is 38.8 Å². The Hall–Kier alpha value is -2.65. The van der Waals surface area contributed by atoms with Gasteiger partial charge in [0, 0.05) is 11.3 Å². The number of anilines is 1. The molecule has 1 saturated heterocycles. The summed E-state index contributed by atoms with van der Waals surface area (Å²) in [5, 5.41) is 12.1. The Bertz CT molecular complexity index is 709. The van der Waals surface area contributed by atoms with Crippen molar-refractivity contribution >= 4 is 23.1 Å². The minimum atomic E-state index is -0.383. The molecule has 22 heavy (non-hydrogen) atoms. The Morgan fingerprint density at radius 1 is 1.32 bits per heavy atom. The Morgan fingerprint density at radius 3 is 2.68 bits per heavy atom. The van der Waals surface area contributed by atoms with Gasteiger partial charge in [-0.25, -0.2) is 0 Å². The lowest BCUT2D eigenvalue weighted by molar-refractivity contribution is -0.883. The summed E-state index contributed by atoms with van der Waals surface area (Å²) >= 11 is 0. The molecule has 2 aliphatic rings. The molecule has 2 aliphatic heterocycles. The smallest absolute Gasteiger partial charge is 0.265 e. The number of hydrogen-bond donors (Lipinski definition) is 2. The fraction of sp³-hybridized carbons (Fsp3) is 0.312. The van der Waals surface area contributed by atoms with Gasteiger partial charge in [0.2, 0.25) is 0 Å². The SMILES string of the molecule is C[NH+]1CCN(C(=O)/C(C#N)=C2\C(=O)Nc3ccccc32)CC1. The number of nitrogens with zero attached hydrogens (tertiary/aromatic N) is 2. The van der Waals surface area contributed by atoms with Crippen LogP contribution in [0.2, 0.25) is 0 Å². The Morgan fingerprint density at radius 2 is 2.00 bits per heavy atom. The van der Waals surface area contributed by atoms with E-state index in [0.29, 0.717) is 24.3 Å². The van der Waals surface area contributed by atoms with Gasteiger partial charge in [-0.2, -0.15) is 5.26 Å². The van der Waals surface area contributed by atoms with Crippen molar-refractivity contribution in [2.45, 2.75) is 0 Å². The van der Waals surface area contributed by atoms with E-state index in [4.69, 9.17) is 0 Å². The quantitative estimate of drug-likeness (QED) is 0.530. The molecule has 1 fully saturated rings. The number of nitriles is 1. The minimum absolute atomic E-state index is 0.0676. The first-order chi connectivity index (χ1) is 10.6. The Balaban J connectivity index is 1.98. The van der Waals surface area contributed by atoms with Crippen LogP contribution in [0.3, 0.4) is 0 Å². The van der Waals surface area contributed by atoms with Crippen molar-refractivity contribution in [1.82, 2.24) is 4.90 Å². The van der Waals surface area contributed by atoms with Crippen LogP contribution in [-0.4, -0.2) is 49.9 Å². The third-order valence-corrected chi connectivity index (χ3v) is 4.15. The maximum Gasteiger partial charge on any atom is 0.265 e. The number of benzene rings is 1. The second kappa shape index (κ2) is 5.62. The lowest BCUT2D eigenvalue weighted by Crippen LogP contribution is -3.12. The predicted molar refractivity (Wildman–Crippen MR) is 80.8 cm³/mol. The summed E-state index contributed by atoms with van der Waals surface area (Å²) in [6.45, 7) is 2.91. The van der Waals surface area contributed by atoms with Crippen LogP contribution in [0.15, 0.2) is 29.8 Å². The summed E-state index contributed by atoms with van der Waals surface area (Å²) in [4.78, 5) is 27.8. The average molecular weight is 297 g/mol. The number of nitrogens with one attached hydrogen (secondary N) is 2. The van der Waals surface area contributed by atoms with Gasteiger partial charge in [-0.15, -0.1) is 0 Å². The van der Waals surface area contributed by atoms with E-state index in [2.05, 4.69) is 12.4 Å². The molecule has 0 spiro atoms. The van der Waals surface area contributed by atoms with Gasteiger partial charge in [-0.1, -0.05) is 18.2 Å². The molecule has 0 bridgehead atoms. The van der Waals surface area contributed by atoms with Crippen molar-refractivity contribution in [2.75, 3.05) is 38.5 Å². The van der Waals surface area contributed by atoms with Crippen LogP contribution >= 0.6 is 0 Å². The number of para-hydroxylation sites is 1. The first-order valence-electron chi connectivity index (χ1n) is 7.27. The maximum atomic E-state index is 12.6. The molecule has 2 N–H and O–H groups in total. The molecule has 6 nitrogen and oxygen atoms in total. The standard InChI is InChI=1S/C16H16N4O2/c1-19-6-8-20(9-7-19)16(22)12(10-17)14-11-4-2-3-5-13(11)18-15(14)21/h2-5H,6-9H2,1H3,(H,18,21)/p+1/b14-12-. The zero-order valence-electron chi connectivity index (χ0n) is 12.3. The number of likely N-dealkylation sites (N-methyl/N-ethyl adjacent to an activating group) is 1. The number of amides is 2. The fourth-order valence-corrected chi connectivity index (χ4v) is 2.83. The zero-order valence-corrected chi connectivity index (χ0v) is 12.3. The van der Waals surface area contributed by atoms with Crippen LogP contribution in [0.1, 0.15) is 5.56 Å². The van der Waals surface area contributed by atoms with E-state index in [1.807, 2.05) is 6.07 Å². The van der Waals surface area contributed by atoms with Crippen molar-refractivity contribution in [3.05, 3.63) is 35.4 Å². The highest BCUT2D eigenvalue weighted by Crippen LogP contribution is 2.33. The monoisotopic (exact) mass is 297 g/mol. The van der Waals surface area contributed by atoms with Crippen molar-refractivity contribution in [3.63, 3.8) is 0 Å². The van der Waals surface area contributed by atoms with Gasteiger partial charge in [-0.05, 0) is 6.07 Å². The van der Waals surface area contributed by atoms with Gasteiger partial charge in [0.25, 0.3) is 11.8 Å². The second-order valence-corrected chi connectivity index (χ2v) is 5.61. The van der Waals surface area contributed by atoms with Crippen LogP contribution < -0.4 is 10.2 Å². The molecule has 3 rings (SSSR count). The molecule has 0 aromatic heterocycles. The minimum Gasteiger partial charge on any atom is -0.334 e. The largest absolute Gasteiger partial charge is 0.334 e. The number of carbonyl (C=O) groups is 2. The molecule has 112 valence electrons. The highest BCUT2D eigenvalue weighted by Gasteiger charge is 2.33. The van der Waals surface area contributed by atoms with Crippen LogP contribution in [0.25, 0.3) is 5.57 Å². The van der Waals surface area contributed by atoms with Gasteiger partial charge < -0.3 is 15.1 Å². The van der Waals surface area contributed by atoms with E-state index in [9.17, 15) is 14.9 Å². The highest BCUT2D eigenvalue weighted by molar-refractivity contribution is 6.36. The summed E-state index contributed by atoms with van der Waals surface area (Å²) in [7, 11) is 2.08. The van der Waals surface area contributed by atoms with Gasteiger partial charge >= 0.3 is 0 Å². The lowest BCUT2D eigenvalue weighted by atomic mass is 10.0. The van der Waals surface area contributed by atoms with E-state index in [1.165, 1.54) is 4.90 Å². The fourth-order valence-electron chi connectivity index (χ4n) is 2.83. The number of piperazine rings is 1. The number of carbonyl (C=O) groups excluding carboxylic acids is 2. The molecule has 0 aliphatic carbocycles. The third-order valence-electron chi connectivity index (χ3n) is 4.15. The van der Waals surface area contributed by atoms with Crippen LogP contribution in [0.4, 0.5) is 5.69 Å². The average Bonchev–Trinajstić information content (AvgIpc) is 2.85. The zero-order chi connectivity index (χ0) is 15.7. The molecule has 0 saturated carbocycles. The van der Waals surface area contributed by atoms with Gasteiger partial charge in [0.15, 0.2) is 0 Å². The molecule has 1 aromatic rings. The first-order valence-corrected chi connectivity index (χ1v) is 7.27. The van der Waals surface area contributed by atoms with E-state index in [-0.39, 0.29) is 23.0 Å². The van der Waals surface area contributed by atoms with Crippen LogP contribution in [0.5, 0.6) is 0 Å². The summed E-state index contributed by atoms with van der Waals surface area (Å²) in [6, 6.07) is 9.05. The Labute approximate surface area is 128 Å². The molecule has 2 amide bonds. The molecule has 1 aromatic carbocycles. The summed E-state index contributed by atoms with van der Waals surface area (Å²) in [5.74, 6) is -0.734. The Kier molecular flexibility index (Phi) is 3.65. The third kappa shape index (κ3) is 2.36. The van der Waals surface area contributed by atoms with Gasteiger partial charge in [-0.3, -0.25) is 9.59 Å². The predicted octanol–water partition coefficient (Wildman–Crippen LogP) is -0.727. The van der Waals surface area contributed by atoms with Crippen molar-refractivity contribution < 1.29 is 14.5 Å². The van der Waals surface area contributed by atoms with Crippen molar-refractivity contribution in [2.24, 2.45) is 0 Å². The van der Waals surface area contributed by atoms with E-state index < -0.39 is 0 Å². The van der Waals surface area contributed by atoms with Crippen LogP contribution in [-0.2, 0) is 9.59 Å². The molecular weight excluding hydrogens is 280 g/mol. The molecule has 6 heteroatoms. The molecular formula is C16H17N4O2+. The normalized spacial score (nSPS) is 20.2. The molecule has 2 heterocycles. The van der Waals surface area contributed by atoms with Crippen molar-refractivity contribution in [1.29, 1.82) is 5.26 Å². The van der Waals surface area contributed by atoms with E-state index in [0.717, 1.165) is 13.1 Å². The number of hydrogen-bond acceptors (Lipinski definition) is 3. The van der Waals surface area contributed by atoms with E-state index in [1.54, 1.807) is 29.2 Å². The van der Waals surface area contributed by atoms with Gasteiger partial charge in [0.1, 0.15) is 11.6 Å².